The van der Waals surface area contributed by atoms with Gasteiger partial charge in [0.15, 0.2) is 41.6 Å². The second-order valence-electron chi connectivity index (χ2n) is 20.2. The zero-order chi connectivity index (χ0) is 61.2. The first-order chi connectivity index (χ1) is 42.3. The van der Waals surface area contributed by atoms with Crippen molar-refractivity contribution in [2.45, 2.75) is 26.2 Å². The van der Waals surface area contributed by atoms with Crippen molar-refractivity contribution in [1.29, 1.82) is 5.53 Å². The molecule has 3 aromatic carbocycles. The van der Waals surface area contributed by atoms with Crippen LogP contribution in [-0.4, -0.2) is 162 Å². The molecule has 9 aromatic rings. The maximum Gasteiger partial charge on any atom is 0.246 e. The minimum atomic E-state index is -0.123. The average molecular weight is 1290 g/mol. The van der Waals surface area contributed by atoms with Gasteiger partial charge in [-0.15, -0.1) is 46.4 Å². The van der Waals surface area contributed by atoms with Crippen molar-refractivity contribution in [3.05, 3.63) is 123 Å². The number of morpholine rings is 3. The van der Waals surface area contributed by atoms with Crippen molar-refractivity contribution >= 4 is 119 Å². The fraction of sp³-hybridized carbons (Fsp3) is 0.328. The number of hydrogen-bond acceptors (Lipinski definition) is 24. The number of phenolic OH excluding ortho intramolecular Hbond substituents is 3. The number of anilines is 3. The van der Waals surface area contributed by atoms with E-state index in [0.29, 0.717) is 70.1 Å². The van der Waals surface area contributed by atoms with Gasteiger partial charge < -0.3 is 54.4 Å². The first-order valence-corrected chi connectivity index (χ1v) is 30.6. The summed E-state index contributed by atoms with van der Waals surface area (Å²) in [7, 11) is 3.69. The fourth-order valence-electron chi connectivity index (χ4n) is 9.64. The van der Waals surface area contributed by atoms with E-state index in [1.807, 2.05) is 44.2 Å². The van der Waals surface area contributed by atoms with Crippen molar-refractivity contribution in [3.63, 3.8) is 0 Å². The molecule has 9 heterocycles. The first kappa shape index (κ1) is 66.0. The molecule has 0 saturated carbocycles. The largest absolute Gasteiger partial charge is 0.508 e. The number of aromatic nitrogens is 6. The summed E-state index contributed by atoms with van der Waals surface area (Å²) in [5.41, 5.74) is 10.9. The van der Waals surface area contributed by atoms with E-state index < -0.39 is 0 Å². The van der Waals surface area contributed by atoms with Crippen LogP contribution in [0.4, 0.5) is 17.5 Å². The molecule has 30 heteroatoms. The van der Waals surface area contributed by atoms with Crippen molar-refractivity contribution in [2.24, 2.45) is 20.3 Å². The average Bonchev–Trinajstić information content (AvgIpc) is 2.69. The SMILES string of the molecule is C=CC(=O)N(C)Cc1cc2nc(-c3cccc(O)c3)nc(N3CCOCC3)c2s1.CB(CN=O)Cc1cc2nc(-c3cccc(O)c3)nc(N3CCOCC3)c2s1.CNCc1cc2nc(-c3cccc(O)c3)nc(N3CCOCC3)c2s1.Cl.N=NN=NCl. The van der Waals surface area contributed by atoms with Crippen LogP contribution in [0.3, 0.4) is 0 Å². The Bertz CT molecular complexity index is 3860. The molecule has 0 aliphatic carbocycles. The van der Waals surface area contributed by atoms with Crippen LogP contribution in [0.15, 0.2) is 124 Å². The summed E-state index contributed by atoms with van der Waals surface area (Å²) in [6, 6.07) is 27.2. The Kier molecular flexibility index (Phi) is 24.3. The Morgan fingerprint density at radius 3 is 1.41 bits per heavy atom. The van der Waals surface area contributed by atoms with Gasteiger partial charge in [0.25, 0.3) is 0 Å². The summed E-state index contributed by atoms with van der Waals surface area (Å²) in [5.74, 6) is 4.99. The third-order valence-electron chi connectivity index (χ3n) is 13.8. The molecule has 12 rings (SSSR count). The smallest absolute Gasteiger partial charge is 0.246 e. The highest BCUT2D eigenvalue weighted by Gasteiger charge is 2.25. The molecule has 88 heavy (non-hydrogen) atoms. The number of rotatable bonds is 16. The van der Waals surface area contributed by atoms with Crippen LogP contribution in [0.1, 0.15) is 14.6 Å². The summed E-state index contributed by atoms with van der Waals surface area (Å²) in [6.45, 7) is 15.9. The number of carbonyl (C=O) groups is 1. The van der Waals surface area contributed by atoms with Gasteiger partial charge in [0.1, 0.15) is 17.2 Å². The predicted octanol–water partition coefficient (Wildman–Crippen LogP) is 11.0. The third-order valence-corrected chi connectivity index (χ3v) is 17.2. The third kappa shape index (κ3) is 17.2. The molecule has 6 aromatic heterocycles. The highest BCUT2D eigenvalue weighted by Crippen LogP contribution is 2.39. The van der Waals surface area contributed by atoms with Crippen LogP contribution in [0.25, 0.3) is 64.8 Å². The standard InChI is InChI=1S/C21H22N4O3S.C19H21BN4O3S.C18H20N4O2S.ClHN4.ClH/c1-3-18(27)24(2)13-16-12-17-19(29-16)21(25-7-9-28-10-8-25)23-20(22-17)14-5-4-6-15(26)11-14;1-20(12-21-26)11-15-10-16-17(28-15)19(24-5-7-27-8-6-24)23-18(22-16)13-3-2-4-14(25)9-13;1-19-11-14-10-15-16(25-14)18(22-5-7-24-8-6-22)21-17(20-15)12-3-2-4-13(23)9-12;1-3-5-4-2;/h3-6,11-12,26H,1,7-10,13H2,2H3;2-4,9-10,25H,5-8,11-12H2,1H3;2-4,9-10,19,23H,5-8,11H2,1H3;2H;1H. The number of nitrogens with one attached hydrogen (secondary N) is 2. The van der Waals surface area contributed by atoms with Gasteiger partial charge in [0, 0.05) is 84.2 Å². The molecule has 5 N–H and O–H groups in total. The normalized spacial score (nSPS) is 14.0. The van der Waals surface area contributed by atoms with E-state index in [4.69, 9.17) is 49.6 Å². The number of nitroso groups, excluding NO2 is 1. The predicted molar refractivity (Wildman–Crippen MR) is 351 cm³/mol. The number of nitrogens with zero attached hydrogens (tertiary/aromatic N) is 14. The molecule has 1 amide bonds. The molecule has 0 atom stereocenters. The molecule has 3 saturated heterocycles. The number of benzene rings is 3. The van der Waals surface area contributed by atoms with E-state index >= 15 is 0 Å². The molecule has 24 nitrogen and oxygen atoms in total. The number of hydrogen-bond donors (Lipinski definition) is 5. The number of ether oxygens (including phenoxy) is 3. The zero-order valence-electron chi connectivity index (χ0n) is 48.5. The van der Waals surface area contributed by atoms with Gasteiger partial charge in [-0.25, -0.2) is 29.9 Å². The van der Waals surface area contributed by atoms with Crippen LogP contribution in [0.5, 0.6) is 17.2 Å². The molecule has 0 radical (unpaired) electrons. The summed E-state index contributed by atoms with van der Waals surface area (Å²) in [5, 5.41) is 40.8. The van der Waals surface area contributed by atoms with Gasteiger partial charge in [0.05, 0.1) is 95.1 Å². The van der Waals surface area contributed by atoms with Crippen molar-refractivity contribution < 1.29 is 34.3 Å². The van der Waals surface area contributed by atoms with Crippen molar-refractivity contribution in [3.8, 4) is 51.4 Å². The molecule has 0 spiro atoms. The monoisotopic (exact) mass is 1290 g/mol. The number of aromatic hydroxyl groups is 3. The zero-order valence-corrected chi connectivity index (χ0v) is 52.5. The number of halogens is 2. The van der Waals surface area contributed by atoms with E-state index in [0.717, 1.165) is 122 Å². The molecule has 0 unspecified atom stereocenters. The van der Waals surface area contributed by atoms with Crippen molar-refractivity contribution in [2.75, 3.05) is 114 Å². The molecular formula is C58H65BCl2N16O8S3. The van der Waals surface area contributed by atoms with Crippen LogP contribution >= 0.6 is 58.2 Å². The van der Waals surface area contributed by atoms with E-state index in [-0.39, 0.29) is 42.3 Å². The van der Waals surface area contributed by atoms with Crippen LogP contribution < -0.4 is 20.0 Å². The van der Waals surface area contributed by atoms with Crippen LogP contribution in [0.2, 0.25) is 6.82 Å². The highest BCUT2D eigenvalue weighted by molar-refractivity contribution is 7.20. The van der Waals surface area contributed by atoms with E-state index in [2.05, 4.69) is 70.8 Å². The number of amides is 1. The molecule has 3 fully saturated rings. The summed E-state index contributed by atoms with van der Waals surface area (Å²) >= 11 is 9.55. The van der Waals surface area contributed by atoms with Crippen LogP contribution in [0, 0.1) is 10.4 Å². The lowest BCUT2D eigenvalue weighted by Crippen LogP contribution is -2.36. The fourth-order valence-corrected chi connectivity index (χ4v) is 13.2. The second-order valence-corrected chi connectivity index (χ2v) is 23.7. The molecular weight excluding hydrogens is 1230 g/mol. The first-order valence-electron chi connectivity index (χ1n) is 27.8. The Morgan fingerprint density at radius 1 is 0.670 bits per heavy atom. The van der Waals surface area contributed by atoms with Gasteiger partial charge in [-0.3, -0.25) is 4.79 Å². The topological polar surface area (TPSA) is 298 Å². The second kappa shape index (κ2) is 32.3. The van der Waals surface area contributed by atoms with Gasteiger partial charge in [-0.05, 0) is 84.5 Å². The Morgan fingerprint density at radius 2 is 1.06 bits per heavy atom. The summed E-state index contributed by atoms with van der Waals surface area (Å²) in [6.07, 6.45) is 2.41. The summed E-state index contributed by atoms with van der Waals surface area (Å²) in [4.78, 5) is 63.0. The van der Waals surface area contributed by atoms with Crippen LogP contribution in [-0.2, 0) is 38.4 Å². The number of thiophene rings is 3. The molecule has 3 aliphatic heterocycles. The van der Waals surface area contributed by atoms with E-state index in [1.165, 1.54) is 15.8 Å². The maximum absolute atomic E-state index is 11.9. The Balaban J connectivity index is 0.000000164. The minimum Gasteiger partial charge on any atom is -0.508 e. The Labute approximate surface area is 531 Å². The number of phenols is 3. The van der Waals surface area contributed by atoms with Gasteiger partial charge in [-0.1, -0.05) is 59.6 Å². The van der Waals surface area contributed by atoms with E-state index in [1.54, 1.807) is 94.5 Å². The molecule has 3 aliphatic rings. The lowest BCUT2D eigenvalue weighted by molar-refractivity contribution is -0.125. The number of fused-ring (bicyclic) bond motifs is 3. The lowest BCUT2D eigenvalue weighted by atomic mass is 9.49. The number of carbonyl (C=O) groups excluding carboxylic acids is 1. The van der Waals surface area contributed by atoms with Gasteiger partial charge in [0.2, 0.25) is 5.91 Å². The van der Waals surface area contributed by atoms with E-state index in [9.17, 15) is 25.0 Å². The van der Waals surface area contributed by atoms with Crippen molar-refractivity contribution in [1.82, 2.24) is 40.1 Å². The summed E-state index contributed by atoms with van der Waals surface area (Å²) < 4.78 is 22.2. The highest BCUT2D eigenvalue weighted by atomic mass is 35.5. The van der Waals surface area contributed by atoms with Gasteiger partial charge in [-0.2, -0.15) is 10.4 Å². The maximum atomic E-state index is 11.9. The number of likely N-dealkylation sites (N-methyl/N-ethyl adjacent to an activating group) is 1. The molecule has 0 bridgehead atoms. The Hall–Kier alpha value is -7.93. The minimum absolute atomic E-state index is 0. The quantitative estimate of drug-likeness (QED) is 0.0197. The molecule has 460 valence electrons. The lowest BCUT2D eigenvalue weighted by Gasteiger charge is -2.28. The van der Waals surface area contributed by atoms with Gasteiger partial charge >= 0.3 is 0 Å².